The van der Waals surface area contributed by atoms with Gasteiger partial charge in [0.15, 0.2) is 28.2 Å². The normalized spacial score (nSPS) is 16.2. The van der Waals surface area contributed by atoms with E-state index >= 15 is 0 Å². The molecule has 0 aliphatic carbocycles. The molecule has 1 N–H and O–H groups in total. The van der Waals surface area contributed by atoms with Crippen molar-refractivity contribution in [1.82, 2.24) is 5.32 Å². The molecule has 3 aromatic carbocycles. The summed E-state index contributed by atoms with van der Waals surface area (Å²) in [6, 6.07) is 16.4. The number of benzene rings is 3. The van der Waals surface area contributed by atoms with E-state index in [4.69, 9.17) is 35.3 Å². The van der Waals surface area contributed by atoms with Gasteiger partial charge in [0.1, 0.15) is 18.0 Å². The van der Waals surface area contributed by atoms with Crippen LogP contribution in [0.4, 0.5) is 5.69 Å². The van der Waals surface area contributed by atoms with E-state index in [1.165, 1.54) is 11.8 Å². The summed E-state index contributed by atoms with van der Waals surface area (Å²) in [5.74, 6) is 2.92. The van der Waals surface area contributed by atoms with Crippen LogP contribution >= 0.6 is 23.4 Å². The number of nitrogens with zero attached hydrogens (tertiary/aromatic N) is 1. The topological polar surface area (TPSA) is 87.6 Å². The highest BCUT2D eigenvalue weighted by Gasteiger charge is 2.24. The monoisotopic (exact) mass is 538 g/mol. The number of hydrogen-bond acceptors (Lipinski definition) is 8. The average molecular weight is 539 g/mol. The maximum absolute atomic E-state index is 12.6. The van der Waals surface area contributed by atoms with Crippen LogP contribution in [0.2, 0.25) is 5.02 Å². The highest BCUT2D eigenvalue weighted by molar-refractivity contribution is 8.18. The summed E-state index contributed by atoms with van der Waals surface area (Å²) >= 11 is 7.33. The first kappa shape index (κ1) is 24.9. The minimum Gasteiger partial charge on any atom is -0.494 e. The highest BCUT2D eigenvalue weighted by Crippen LogP contribution is 2.36. The third-order valence-electron chi connectivity index (χ3n) is 5.41. The van der Waals surface area contributed by atoms with E-state index in [0.29, 0.717) is 57.0 Å². The van der Waals surface area contributed by atoms with Crippen molar-refractivity contribution in [3.05, 3.63) is 75.7 Å². The number of hydrogen-bond donors (Lipinski definition) is 1. The van der Waals surface area contributed by atoms with Gasteiger partial charge in [0, 0.05) is 5.02 Å². The first-order valence-electron chi connectivity index (χ1n) is 11.4. The Kier molecular flexibility index (Phi) is 7.43. The van der Waals surface area contributed by atoms with Crippen LogP contribution in [-0.4, -0.2) is 31.6 Å². The maximum Gasteiger partial charge on any atom is 0.264 e. The number of amides is 1. The van der Waals surface area contributed by atoms with E-state index in [1.807, 2.05) is 43.3 Å². The predicted octanol–water partition coefficient (Wildman–Crippen LogP) is 5.95. The summed E-state index contributed by atoms with van der Waals surface area (Å²) in [5, 5.41) is 3.74. The molecule has 0 aromatic heterocycles. The summed E-state index contributed by atoms with van der Waals surface area (Å²) < 4.78 is 28.0. The molecule has 0 bridgehead atoms. The zero-order valence-electron chi connectivity index (χ0n) is 20.1. The zero-order chi connectivity index (χ0) is 25.8. The van der Waals surface area contributed by atoms with Gasteiger partial charge in [0.25, 0.3) is 5.91 Å². The number of carbonyl (C=O) groups excluding carboxylic acids is 1. The van der Waals surface area contributed by atoms with Gasteiger partial charge in [-0.1, -0.05) is 23.7 Å². The molecular weight excluding hydrogens is 516 g/mol. The molecule has 5 rings (SSSR count). The van der Waals surface area contributed by atoms with Gasteiger partial charge in [-0.05, 0) is 78.4 Å². The van der Waals surface area contributed by atoms with Crippen LogP contribution in [0.3, 0.4) is 0 Å². The number of carbonyl (C=O) groups is 1. The van der Waals surface area contributed by atoms with Crippen molar-refractivity contribution in [3.8, 4) is 28.7 Å². The minimum atomic E-state index is -0.245. The molecule has 190 valence electrons. The molecular formula is C27H23ClN2O6S. The Labute approximate surface area is 223 Å². The van der Waals surface area contributed by atoms with Crippen LogP contribution in [0.15, 0.2) is 64.5 Å². The van der Waals surface area contributed by atoms with Crippen molar-refractivity contribution in [2.75, 3.05) is 20.5 Å². The first-order valence-corrected chi connectivity index (χ1v) is 12.6. The van der Waals surface area contributed by atoms with Gasteiger partial charge >= 0.3 is 0 Å². The Morgan fingerprint density at radius 3 is 2.70 bits per heavy atom. The number of ether oxygens (including phenoxy) is 5. The third kappa shape index (κ3) is 5.79. The molecule has 37 heavy (non-hydrogen) atoms. The Balaban J connectivity index is 1.32. The third-order valence-corrected chi connectivity index (χ3v) is 6.56. The van der Waals surface area contributed by atoms with Gasteiger partial charge in [-0.25, -0.2) is 4.99 Å². The standard InChI is InChI=1S/C27H23ClN2O6S/c1-3-33-23-10-16(4-7-21(23)34-14-17-5-8-22-24(11-17)36-15-35-22)12-25-26(31)30-27(37-25)29-19-13-18(28)6-9-20(19)32-2/h4-13H,3,14-15H2,1-2H3,(H,29,30,31)/b25-12-. The van der Waals surface area contributed by atoms with Crippen LogP contribution in [0.5, 0.6) is 28.7 Å². The van der Waals surface area contributed by atoms with E-state index in [0.717, 1.165) is 16.9 Å². The number of fused-ring (bicyclic) bond motifs is 1. The molecule has 0 saturated carbocycles. The number of rotatable bonds is 8. The van der Waals surface area contributed by atoms with Crippen LogP contribution in [0, 0.1) is 0 Å². The Bertz CT molecular complexity index is 1410. The highest BCUT2D eigenvalue weighted by atomic mass is 35.5. The lowest BCUT2D eigenvalue weighted by Crippen LogP contribution is -2.19. The van der Waals surface area contributed by atoms with Crippen molar-refractivity contribution >= 4 is 46.2 Å². The molecule has 1 saturated heterocycles. The van der Waals surface area contributed by atoms with Gasteiger partial charge in [-0.2, -0.15) is 0 Å². The molecule has 0 unspecified atom stereocenters. The van der Waals surface area contributed by atoms with Gasteiger partial charge in [-0.3, -0.25) is 4.79 Å². The molecule has 0 radical (unpaired) electrons. The molecule has 1 fully saturated rings. The number of aliphatic imine (C=N–C) groups is 1. The quantitative estimate of drug-likeness (QED) is 0.355. The number of nitrogens with one attached hydrogen (secondary N) is 1. The van der Waals surface area contributed by atoms with Crippen LogP contribution in [0.25, 0.3) is 6.08 Å². The lowest BCUT2D eigenvalue weighted by atomic mass is 10.1. The van der Waals surface area contributed by atoms with Crippen molar-refractivity contribution in [2.24, 2.45) is 4.99 Å². The second-order valence-corrected chi connectivity index (χ2v) is 9.38. The smallest absolute Gasteiger partial charge is 0.264 e. The molecule has 10 heteroatoms. The van der Waals surface area contributed by atoms with E-state index in [1.54, 1.807) is 31.4 Å². The average Bonchev–Trinajstić information content (AvgIpc) is 3.49. The van der Waals surface area contributed by atoms with E-state index in [2.05, 4.69) is 10.3 Å². The van der Waals surface area contributed by atoms with Crippen molar-refractivity contribution in [2.45, 2.75) is 13.5 Å². The second kappa shape index (κ2) is 11.1. The summed E-state index contributed by atoms with van der Waals surface area (Å²) in [5.41, 5.74) is 2.26. The molecule has 3 aromatic rings. The van der Waals surface area contributed by atoms with E-state index in [-0.39, 0.29) is 12.7 Å². The molecule has 0 spiro atoms. The maximum atomic E-state index is 12.6. The predicted molar refractivity (Wildman–Crippen MR) is 143 cm³/mol. The number of halogens is 1. The Morgan fingerprint density at radius 2 is 1.86 bits per heavy atom. The molecule has 8 nitrogen and oxygen atoms in total. The number of methoxy groups -OCH3 is 1. The molecule has 1 amide bonds. The second-order valence-electron chi connectivity index (χ2n) is 7.91. The van der Waals surface area contributed by atoms with Crippen molar-refractivity contribution in [1.29, 1.82) is 0 Å². The van der Waals surface area contributed by atoms with Crippen LogP contribution in [0.1, 0.15) is 18.1 Å². The number of amidine groups is 1. The molecule has 0 atom stereocenters. The zero-order valence-corrected chi connectivity index (χ0v) is 21.7. The fourth-order valence-corrected chi connectivity index (χ4v) is 4.69. The SMILES string of the molecule is CCOc1cc(/C=C2\SC(=Nc3cc(Cl)ccc3OC)NC2=O)ccc1OCc1ccc2c(c1)OCO2. The van der Waals surface area contributed by atoms with Gasteiger partial charge in [0.05, 0.1) is 18.6 Å². The lowest BCUT2D eigenvalue weighted by molar-refractivity contribution is -0.115. The van der Waals surface area contributed by atoms with Crippen molar-refractivity contribution < 1.29 is 28.5 Å². The summed E-state index contributed by atoms with van der Waals surface area (Å²) in [6.07, 6.45) is 1.78. The van der Waals surface area contributed by atoms with Crippen LogP contribution in [-0.2, 0) is 11.4 Å². The van der Waals surface area contributed by atoms with Gasteiger partial charge < -0.3 is 29.0 Å². The van der Waals surface area contributed by atoms with Gasteiger partial charge in [0.2, 0.25) is 6.79 Å². The van der Waals surface area contributed by atoms with E-state index < -0.39 is 0 Å². The number of thioether (sulfide) groups is 1. The molecule has 2 aliphatic heterocycles. The Hall–Kier alpha value is -3.82. The fraction of sp³-hybridized carbons (Fsp3) is 0.185. The van der Waals surface area contributed by atoms with Crippen LogP contribution < -0.4 is 29.0 Å². The summed E-state index contributed by atoms with van der Waals surface area (Å²) in [7, 11) is 1.55. The largest absolute Gasteiger partial charge is 0.494 e. The molecule has 2 heterocycles. The minimum absolute atomic E-state index is 0.226. The lowest BCUT2D eigenvalue weighted by Gasteiger charge is -2.13. The first-order chi connectivity index (χ1) is 18.0. The van der Waals surface area contributed by atoms with Crippen molar-refractivity contribution in [3.63, 3.8) is 0 Å². The van der Waals surface area contributed by atoms with Gasteiger partial charge in [-0.15, -0.1) is 0 Å². The summed E-state index contributed by atoms with van der Waals surface area (Å²) in [6.45, 7) is 2.93. The fourth-order valence-electron chi connectivity index (χ4n) is 3.69. The molecule has 2 aliphatic rings. The van der Waals surface area contributed by atoms with E-state index in [9.17, 15) is 4.79 Å². The Morgan fingerprint density at radius 1 is 1.03 bits per heavy atom. The summed E-state index contributed by atoms with van der Waals surface area (Å²) in [4.78, 5) is 17.6.